The average Bonchev–Trinajstić information content (AvgIpc) is 3.68. The molecule has 1 aromatic carbocycles. The molecule has 1 saturated carbocycles. The van der Waals surface area contributed by atoms with Crippen LogP contribution >= 0.6 is 0 Å². The highest BCUT2D eigenvalue weighted by atomic mass is 32.2. The van der Waals surface area contributed by atoms with Gasteiger partial charge in [0.1, 0.15) is 11.5 Å². The molecule has 0 radical (unpaired) electrons. The van der Waals surface area contributed by atoms with Gasteiger partial charge in [-0.3, -0.25) is 19.9 Å². The summed E-state index contributed by atoms with van der Waals surface area (Å²) in [5, 5.41) is 12.1. The van der Waals surface area contributed by atoms with Crippen LogP contribution in [0.2, 0.25) is 0 Å². The van der Waals surface area contributed by atoms with Crippen LogP contribution in [-0.4, -0.2) is 50.7 Å². The number of hydrogen-bond donors (Lipinski definition) is 4. The van der Waals surface area contributed by atoms with E-state index in [0.717, 1.165) is 46.5 Å². The van der Waals surface area contributed by atoms with Crippen molar-refractivity contribution in [2.75, 3.05) is 11.6 Å². The number of carbonyl (C=O) groups is 1. The van der Waals surface area contributed by atoms with Crippen LogP contribution in [-0.2, 0) is 21.4 Å². The maximum absolute atomic E-state index is 14.6. The van der Waals surface area contributed by atoms with Gasteiger partial charge >= 0.3 is 0 Å². The molecule has 7 rings (SSSR count). The van der Waals surface area contributed by atoms with Gasteiger partial charge in [-0.1, -0.05) is 19.3 Å². The zero-order valence-corrected chi connectivity index (χ0v) is 26.5. The lowest BCUT2D eigenvalue weighted by atomic mass is 9.87. The van der Waals surface area contributed by atoms with E-state index in [2.05, 4.69) is 40.2 Å². The van der Waals surface area contributed by atoms with Crippen LogP contribution < -0.4 is 10.0 Å². The number of rotatable bonds is 9. The number of nitrogens with zero attached hydrogens (tertiary/aromatic N) is 4. The molecular formula is C34H33FN8O3S. The zero-order valence-electron chi connectivity index (χ0n) is 25.7. The van der Waals surface area contributed by atoms with E-state index in [4.69, 9.17) is 0 Å². The van der Waals surface area contributed by atoms with Crippen molar-refractivity contribution in [2.45, 2.75) is 45.1 Å². The van der Waals surface area contributed by atoms with Crippen molar-refractivity contribution in [2.24, 2.45) is 5.92 Å². The highest BCUT2D eigenvalue weighted by molar-refractivity contribution is 7.88. The number of fused-ring (bicyclic) bond motifs is 2. The molecule has 13 heteroatoms. The van der Waals surface area contributed by atoms with E-state index in [0.29, 0.717) is 51.9 Å². The first kappa shape index (κ1) is 30.6. The van der Waals surface area contributed by atoms with Crippen LogP contribution in [0, 0.1) is 11.7 Å². The van der Waals surface area contributed by atoms with Crippen molar-refractivity contribution < 1.29 is 17.6 Å². The molecule has 0 unspecified atom stereocenters. The van der Waals surface area contributed by atoms with E-state index < -0.39 is 15.8 Å². The molecule has 4 N–H and O–H groups in total. The number of sulfonamides is 1. The minimum atomic E-state index is -3.45. The first-order chi connectivity index (χ1) is 22.7. The largest absolute Gasteiger partial charge is 0.353 e. The summed E-state index contributed by atoms with van der Waals surface area (Å²) < 4.78 is 40.2. The molecule has 5 heterocycles. The van der Waals surface area contributed by atoms with Crippen molar-refractivity contribution in [3.63, 3.8) is 0 Å². The predicted molar refractivity (Wildman–Crippen MR) is 179 cm³/mol. The lowest BCUT2D eigenvalue weighted by molar-refractivity contribution is -0.117. The maximum Gasteiger partial charge on any atom is 0.224 e. The standard InChI is InChI=1S/C34H33FN8O3S/c1-47(45,46)39-16-21-9-22(12-25(35)10-21)32-27-15-30(41-29(27)7-8-37-32)33-28-14-24(18-38-34(28)43-42-33)23-13-26(19-36-17-23)40-31(44)11-20-5-3-2-4-6-20/h7-10,12-15,17-20,39,41H,2-6,11,16H2,1H3,(H,40,44)(H,38,42,43). The minimum absolute atomic E-state index is 0.00857. The van der Waals surface area contributed by atoms with Crippen molar-refractivity contribution >= 4 is 43.6 Å². The molecule has 1 fully saturated rings. The number of H-pyrrole nitrogens is 2. The van der Waals surface area contributed by atoms with E-state index in [1.807, 2.05) is 24.3 Å². The van der Waals surface area contributed by atoms with Crippen LogP contribution in [0.25, 0.3) is 55.7 Å². The van der Waals surface area contributed by atoms with Gasteiger partial charge in [0, 0.05) is 64.5 Å². The second kappa shape index (κ2) is 12.6. The number of pyridine rings is 3. The van der Waals surface area contributed by atoms with E-state index in [-0.39, 0.29) is 12.5 Å². The summed E-state index contributed by atoms with van der Waals surface area (Å²) in [5.74, 6) is -0.0473. The third kappa shape index (κ3) is 6.91. The predicted octanol–water partition coefficient (Wildman–Crippen LogP) is 6.33. The fourth-order valence-electron chi connectivity index (χ4n) is 6.31. The summed E-state index contributed by atoms with van der Waals surface area (Å²) in [6, 6.07) is 12.0. The first-order valence-electron chi connectivity index (χ1n) is 15.5. The van der Waals surface area contributed by atoms with Crippen LogP contribution in [0.4, 0.5) is 10.1 Å². The first-order valence-corrected chi connectivity index (χ1v) is 17.4. The van der Waals surface area contributed by atoms with Gasteiger partial charge in [-0.2, -0.15) is 5.10 Å². The van der Waals surface area contributed by atoms with Crippen molar-refractivity contribution in [3.8, 4) is 33.8 Å². The van der Waals surface area contributed by atoms with E-state index in [1.165, 1.54) is 31.4 Å². The summed E-state index contributed by atoms with van der Waals surface area (Å²) in [6.07, 6.45) is 14.2. The Labute approximate surface area is 270 Å². The molecule has 0 saturated heterocycles. The Balaban J connectivity index is 1.18. The fraction of sp³-hybridized carbons (Fsp3) is 0.265. The minimum Gasteiger partial charge on any atom is -0.353 e. The van der Waals surface area contributed by atoms with Gasteiger partial charge in [0.2, 0.25) is 15.9 Å². The van der Waals surface area contributed by atoms with Crippen molar-refractivity contribution in [1.82, 2.24) is 34.9 Å². The monoisotopic (exact) mass is 652 g/mol. The molecule has 47 heavy (non-hydrogen) atoms. The maximum atomic E-state index is 14.6. The topological polar surface area (TPSA) is 158 Å². The molecule has 0 spiro atoms. The van der Waals surface area contributed by atoms with Gasteiger partial charge in [0.05, 0.1) is 29.5 Å². The van der Waals surface area contributed by atoms with Gasteiger partial charge in [0.15, 0.2) is 5.65 Å². The number of anilines is 1. The Bertz CT molecular complexity index is 2220. The molecule has 11 nitrogen and oxygen atoms in total. The molecule has 1 aliphatic rings. The third-order valence-electron chi connectivity index (χ3n) is 8.54. The van der Waals surface area contributed by atoms with Gasteiger partial charge < -0.3 is 10.3 Å². The number of amides is 1. The molecular weight excluding hydrogens is 619 g/mol. The van der Waals surface area contributed by atoms with Crippen LogP contribution in [0.15, 0.2) is 67.3 Å². The smallest absolute Gasteiger partial charge is 0.224 e. The van der Waals surface area contributed by atoms with Crippen LogP contribution in [0.1, 0.15) is 44.1 Å². The Kier molecular flexibility index (Phi) is 8.24. The van der Waals surface area contributed by atoms with E-state index >= 15 is 0 Å². The SMILES string of the molecule is CS(=O)(=O)NCc1cc(F)cc(-c2nccc3[nH]c(-c4n[nH]c5ncc(-c6cncc(NC(=O)CC7CCCCC7)c6)cc45)cc23)c1. The van der Waals surface area contributed by atoms with E-state index in [9.17, 15) is 17.6 Å². The van der Waals surface area contributed by atoms with Gasteiger partial charge in [-0.05, 0) is 66.8 Å². The number of hydrogen-bond acceptors (Lipinski definition) is 7. The lowest BCUT2D eigenvalue weighted by Gasteiger charge is -2.20. The molecule has 1 aliphatic carbocycles. The number of nitrogens with one attached hydrogen (secondary N) is 4. The highest BCUT2D eigenvalue weighted by Gasteiger charge is 2.19. The number of aromatic nitrogens is 6. The molecule has 0 atom stereocenters. The number of carbonyl (C=O) groups excluding carboxylic acids is 1. The van der Waals surface area contributed by atoms with Gasteiger partial charge in [-0.25, -0.2) is 22.5 Å². The number of halogens is 1. The van der Waals surface area contributed by atoms with Gasteiger partial charge in [-0.15, -0.1) is 0 Å². The molecule has 5 aromatic heterocycles. The molecule has 0 aliphatic heterocycles. The third-order valence-corrected chi connectivity index (χ3v) is 9.21. The molecule has 1 amide bonds. The summed E-state index contributed by atoms with van der Waals surface area (Å²) in [6.45, 7) is -0.0438. The second-order valence-corrected chi connectivity index (χ2v) is 14.0. The second-order valence-electron chi connectivity index (χ2n) is 12.2. The summed E-state index contributed by atoms with van der Waals surface area (Å²) in [5.41, 5.74) is 6.48. The molecule has 0 bridgehead atoms. The van der Waals surface area contributed by atoms with Crippen molar-refractivity contribution in [3.05, 3.63) is 78.6 Å². The number of benzene rings is 1. The highest BCUT2D eigenvalue weighted by Crippen LogP contribution is 2.35. The Morgan fingerprint density at radius 2 is 1.77 bits per heavy atom. The summed E-state index contributed by atoms with van der Waals surface area (Å²) >= 11 is 0. The van der Waals surface area contributed by atoms with Crippen LogP contribution in [0.5, 0.6) is 0 Å². The van der Waals surface area contributed by atoms with Crippen molar-refractivity contribution in [1.29, 1.82) is 0 Å². The normalized spacial score (nSPS) is 14.2. The summed E-state index contributed by atoms with van der Waals surface area (Å²) in [7, 11) is -3.45. The van der Waals surface area contributed by atoms with E-state index in [1.54, 1.807) is 30.9 Å². The Morgan fingerprint density at radius 3 is 2.60 bits per heavy atom. The Morgan fingerprint density at radius 1 is 0.936 bits per heavy atom. The van der Waals surface area contributed by atoms with Gasteiger partial charge in [0.25, 0.3) is 0 Å². The summed E-state index contributed by atoms with van der Waals surface area (Å²) in [4.78, 5) is 29.6. The molecule has 240 valence electrons. The quantitative estimate of drug-likeness (QED) is 0.142. The fourth-order valence-corrected chi connectivity index (χ4v) is 6.74. The van der Waals surface area contributed by atoms with Crippen LogP contribution in [0.3, 0.4) is 0 Å². The molecule has 6 aromatic rings. The Hall–Kier alpha value is -5.01. The lowest BCUT2D eigenvalue weighted by Crippen LogP contribution is -2.21. The zero-order chi connectivity index (χ0) is 32.5. The number of aromatic amines is 2. The average molecular weight is 653 g/mol.